The zero-order valence-electron chi connectivity index (χ0n) is 11.2. The van der Waals surface area contributed by atoms with Crippen LogP contribution in [0, 0.1) is 5.41 Å². The van der Waals surface area contributed by atoms with Crippen LogP contribution in [0.1, 0.15) is 40.5 Å². The molecule has 0 aliphatic heterocycles. The number of ether oxygens (including phenoxy) is 1. The molecule has 0 aromatic heterocycles. The lowest BCUT2D eigenvalue weighted by atomic mass is 9.58. The first-order valence-electron chi connectivity index (χ1n) is 5.87. The maximum Gasteiger partial charge on any atom is 0.408 e. The summed E-state index contributed by atoms with van der Waals surface area (Å²) in [5, 5.41) is 20.8. The van der Waals surface area contributed by atoms with Crippen LogP contribution in [0.15, 0.2) is 0 Å². The zero-order chi connectivity index (χ0) is 14.2. The summed E-state index contributed by atoms with van der Waals surface area (Å²) in [5.41, 5.74) is -2.44. The van der Waals surface area contributed by atoms with Crippen LogP contribution in [-0.4, -0.2) is 40.0 Å². The van der Waals surface area contributed by atoms with Gasteiger partial charge >= 0.3 is 12.1 Å². The number of aliphatic carboxylic acids is 1. The number of carbonyl (C=O) groups is 2. The molecule has 18 heavy (non-hydrogen) atoms. The van der Waals surface area contributed by atoms with E-state index in [0.717, 1.165) is 0 Å². The number of aliphatic hydroxyl groups is 1. The molecule has 0 unspecified atom stereocenters. The molecule has 0 saturated heterocycles. The lowest BCUT2D eigenvalue weighted by Gasteiger charge is -2.51. The topological polar surface area (TPSA) is 95.9 Å². The van der Waals surface area contributed by atoms with E-state index in [1.54, 1.807) is 27.7 Å². The Labute approximate surface area is 106 Å². The average molecular weight is 259 g/mol. The molecule has 0 aromatic carbocycles. The van der Waals surface area contributed by atoms with Crippen molar-refractivity contribution < 1.29 is 24.5 Å². The van der Waals surface area contributed by atoms with Gasteiger partial charge in [-0.3, -0.25) is 0 Å². The lowest BCUT2D eigenvalue weighted by Crippen LogP contribution is -2.67. The molecule has 0 spiro atoms. The maximum absolute atomic E-state index is 11.6. The number of rotatable bonds is 3. The summed E-state index contributed by atoms with van der Waals surface area (Å²) in [6.45, 7) is 6.80. The summed E-state index contributed by atoms with van der Waals surface area (Å²) >= 11 is 0. The fraction of sp³-hybridized carbons (Fsp3) is 0.833. The van der Waals surface area contributed by atoms with Crippen LogP contribution in [0.3, 0.4) is 0 Å². The van der Waals surface area contributed by atoms with Gasteiger partial charge in [0.25, 0.3) is 0 Å². The molecule has 1 aliphatic rings. The molecule has 6 heteroatoms. The summed E-state index contributed by atoms with van der Waals surface area (Å²) in [7, 11) is 0. The molecule has 104 valence electrons. The second-order valence-electron chi connectivity index (χ2n) is 6.34. The standard InChI is InChI=1S/C12H21NO5/c1-10(2,3)18-9(17)13-12(8(15)16)5-11(4,6-12)7-14/h14H,5-7H2,1-4H3,(H,13,17)(H,15,16). The quantitative estimate of drug-likeness (QED) is 0.706. The number of aliphatic hydroxyl groups excluding tert-OH is 1. The number of hydrogen-bond donors (Lipinski definition) is 3. The molecule has 0 atom stereocenters. The summed E-state index contributed by atoms with van der Waals surface area (Å²) in [4.78, 5) is 22.9. The molecule has 1 rings (SSSR count). The van der Waals surface area contributed by atoms with E-state index < -0.39 is 28.6 Å². The van der Waals surface area contributed by atoms with Gasteiger partial charge < -0.3 is 20.3 Å². The molecule has 1 amide bonds. The second-order valence-corrected chi connectivity index (χ2v) is 6.34. The van der Waals surface area contributed by atoms with E-state index in [4.69, 9.17) is 9.84 Å². The Morgan fingerprint density at radius 2 is 1.83 bits per heavy atom. The summed E-state index contributed by atoms with van der Waals surface area (Å²) in [6, 6.07) is 0. The fourth-order valence-corrected chi connectivity index (χ4v) is 2.31. The van der Waals surface area contributed by atoms with Gasteiger partial charge in [-0.1, -0.05) is 6.92 Å². The van der Waals surface area contributed by atoms with Gasteiger partial charge in [-0.2, -0.15) is 0 Å². The minimum absolute atomic E-state index is 0.0992. The smallest absolute Gasteiger partial charge is 0.408 e. The SMILES string of the molecule is CC1(CO)CC(NC(=O)OC(C)(C)C)(C(=O)O)C1. The van der Waals surface area contributed by atoms with Gasteiger partial charge in [0.1, 0.15) is 11.1 Å². The van der Waals surface area contributed by atoms with Gasteiger partial charge in [0, 0.05) is 6.61 Å². The van der Waals surface area contributed by atoms with E-state index in [1.165, 1.54) is 0 Å². The van der Waals surface area contributed by atoms with Crippen molar-refractivity contribution >= 4 is 12.1 Å². The van der Waals surface area contributed by atoms with Crippen molar-refractivity contribution in [1.82, 2.24) is 5.32 Å². The highest BCUT2D eigenvalue weighted by atomic mass is 16.6. The molecular weight excluding hydrogens is 238 g/mol. The monoisotopic (exact) mass is 259 g/mol. The highest BCUT2D eigenvalue weighted by Gasteiger charge is 2.58. The number of carbonyl (C=O) groups excluding carboxylic acids is 1. The molecule has 0 radical (unpaired) electrons. The van der Waals surface area contributed by atoms with Crippen LogP contribution in [0.5, 0.6) is 0 Å². The van der Waals surface area contributed by atoms with Gasteiger partial charge in [0.2, 0.25) is 0 Å². The second kappa shape index (κ2) is 4.42. The molecular formula is C12H21NO5. The summed E-state index contributed by atoms with van der Waals surface area (Å²) < 4.78 is 5.05. The van der Waals surface area contributed by atoms with Gasteiger partial charge in [0.15, 0.2) is 0 Å². The number of carboxylic acid groups (broad SMARTS) is 1. The molecule has 1 aliphatic carbocycles. The Kier molecular flexibility index (Phi) is 3.63. The number of nitrogens with one attached hydrogen (secondary N) is 1. The number of alkyl carbamates (subject to hydrolysis) is 1. The van der Waals surface area contributed by atoms with E-state index in [9.17, 15) is 14.7 Å². The van der Waals surface area contributed by atoms with Crippen LogP contribution < -0.4 is 5.32 Å². The van der Waals surface area contributed by atoms with Crippen molar-refractivity contribution in [1.29, 1.82) is 0 Å². The van der Waals surface area contributed by atoms with E-state index in [1.807, 2.05) is 0 Å². The Morgan fingerprint density at radius 3 is 2.17 bits per heavy atom. The number of carboxylic acids is 1. The molecule has 0 heterocycles. The highest BCUT2D eigenvalue weighted by Crippen LogP contribution is 2.48. The van der Waals surface area contributed by atoms with Gasteiger partial charge in [0.05, 0.1) is 0 Å². The van der Waals surface area contributed by atoms with Crippen molar-refractivity contribution in [3.05, 3.63) is 0 Å². The van der Waals surface area contributed by atoms with E-state index in [-0.39, 0.29) is 19.4 Å². The van der Waals surface area contributed by atoms with Crippen LogP contribution in [0.25, 0.3) is 0 Å². The van der Waals surface area contributed by atoms with Gasteiger partial charge in [-0.25, -0.2) is 9.59 Å². The van der Waals surface area contributed by atoms with Crippen LogP contribution >= 0.6 is 0 Å². The molecule has 1 fully saturated rings. The number of amides is 1. The first-order chi connectivity index (χ1) is 8.02. The third-order valence-electron chi connectivity index (χ3n) is 2.99. The Balaban J connectivity index is 2.68. The first kappa shape index (κ1) is 14.8. The zero-order valence-corrected chi connectivity index (χ0v) is 11.2. The van der Waals surface area contributed by atoms with E-state index in [0.29, 0.717) is 0 Å². The van der Waals surface area contributed by atoms with Crippen molar-refractivity contribution in [3.8, 4) is 0 Å². The predicted octanol–water partition coefficient (Wildman–Crippen LogP) is 1.13. The predicted molar refractivity (Wildman–Crippen MR) is 64.2 cm³/mol. The molecule has 0 aromatic rings. The third-order valence-corrected chi connectivity index (χ3v) is 2.99. The normalized spacial score (nSPS) is 31.4. The minimum Gasteiger partial charge on any atom is -0.480 e. The summed E-state index contributed by atoms with van der Waals surface area (Å²) in [6.07, 6.45) is -0.347. The van der Waals surface area contributed by atoms with Gasteiger partial charge in [-0.15, -0.1) is 0 Å². The molecule has 3 N–H and O–H groups in total. The Hall–Kier alpha value is -1.30. The molecule has 0 bridgehead atoms. The van der Waals surface area contributed by atoms with Crippen molar-refractivity contribution in [2.24, 2.45) is 5.41 Å². The third kappa shape index (κ3) is 3.13. The largest absolute Gasteiger partial charge is 0.480 e. The van der Waals surface area contributed by atoms with Crippen molar-refractivity contribution in [2.45, 2.75) is 51.7 Å². The summed E-state index contributed by atoms with van der Waals surface area (Å²) in [5.74, 6) is -1.10. The minimum atomic E-state index is -1.32. The number of hydrogen-bond acceptors (Lipinski definition) is 4. The maximum atomic E-state index is 11.6. The van der Waals surface area contributed by atoms with Crippen LogP contribution in [-0.2, 0) is 9.53 Å². The first-order valence-corrected chi connectivity index (χ1v) is 5.87. The molecule has 6 nitrogen and oxygen atoms in total. The average Bonchev–Trinajstić information content (AvgIpc) is 2.11. The Bertz CT molecular complexity index is 352. The van der Waals surface area contributed by atoms with Crippen LogP contribution in [0.4, 0.5) is 4.79 Å². The van der Waals surface area contributed by atoms with E-state index in [2.05, 4.69) is 5.32 Å². The van der Waals surface area contributed by atoms with Crippen molar-refractivity contribution in [2.75, 3.05) is 6.61 Å². The lowest BCUT2D eigenvalue weighted by molar-refractivity contribution is -0.157. The molecule has 1 saturated carbocycles. The van der Waals surface area contributed by atoms with Crippen LogP contribution in [0.2, 0.25) is 0 Å². The van der Waals surface area contributed by atoms with Gasteiger partial charge in [-0.05, 0) is 39.0 Å². The highest BCUT2D eigenvalue weighted by molar-refractivity contribution is 5.86. The Morgan fingerprint density at radius 1 is 1.33 bits per heavy atom. The van der Waals surface area contributed by atoms with Crippen molar-refractivity contribution in [3.63, 3.8) is 0 Å². The fourth-order valence-electron chi connectivity index (χ4n) is 2.31. The van der Waals surface area contributed by atoms with E-state index >= 15 is 0 Å².